The van der Waals surface area contributed by atoms with Gasteiger partial charge >= 0.3 is 6.18 Å². The maximum atomic E-state index is 13.3. The monoisotopic (exact) mass is 290 g/mol. The molecule has 1 aliphatic rings. The molecule has 1 aromatic heterocycles. The summed E-state index contributed by atoms with van der Waals surface area (Å²) in [5.74, 6) is -0.290. The van der Waals surface area contributed by atoms with Crippen molar-refractivity contribution >= 4 is 22.7 Å². The summed E-state index contributed by atoms with van der Waals surface area (Å²) in [5.41, 5.74) is -1.38. The fourth-order valence-electron chi connectivity index (χ4n) is 2.34. The van der Waals surface area contributed by atoms with Gasteiger partial charge in [0.25, 0.3) is 0 Å². The summed E-state index contributed by atoms with van der Waals surface area (Å²) in [5, 5.41) is 3.14. The van der Waals surface area contributed by atoms with Crippen molar-refractivity contribution < 1.29 is 17.6 Å². The van der Waals surface area contributed by atoms with Crippen molar-refractivity contribution in [2.75, 3.05) is 13.1 Å². The molecule has 0 saturated carbocycles. The molecule has 1 aliphatic heterocycles. The lowest BCUT2D eigenvalue weighted by Crippen LogP contribution is -2.44. The van der Waals surface area contributed by atoms with Gasteiger partial charge in [-0.3, -0.25) is 0 Å². The van der Waals surface area contributed by atoms with Gasteiger partial charge in [-0.15, -0.1) is 0 Å². The van der Waals surface area contributed by atoms with Crippen LogP contribution in [0, 0.1) is 0 Å². The first-order valence-corrected chi connectivity index (χ1v) is 6.14. The van der Waals surface area contributed by atoms with E-state index in [-0.39, 0.29) is 18.9 Å². The molecule has 1 fully saturated rings. The third kappa shape index (κ3) is 1.90. The van der Waals surface area contributed by atoms with Crippen LogP contribution in [-0.2, 0) is 5.41 Å². The van der Waals surface area contributed by atoms with Gasteiger partial charge in [0, 0.05) is 11.6 Å². The SMILES string of the molecule is FC(F)(F)C1(c2nc3cc(Cl)ccc3o2)CCNC1. The van der Waals surface area contributed by atoms with Crippen molar-refractivity contribution in [3.63, 3.8) is 0 Å². The van der Waals surface area contributed by atoms with Gasteiger partial charge in [0.2, 0.25) is 5.89 Å². The van der Waals surface area contributed by atoms with Crippen molar-refractivity contribution in [3.05, 3.63) is 29.1 Å². The van der Waals surface area contributed by atoms with Crippen molar-refractivity contribution in [1.82, 2.24) is 10.3 Å². The molecular formula is C12H10ClF3N2O. The second-order valence-corrected chi connectivity index (χ2v) is 5.07. The Kier molecular flexibility index (Phi) is 2.76. The van der Waals surface area contributed by atoms with Gasteiger partial charge in [-0.05, 0) is 31.2 Å². The number of hydrogen-bond donors (Lipinski definition) is 1. The Morgan fingerprint density at radius 3 is 2.79 bits per heavy atom. The highest BCUT2D eigenvalue weighted by atomic mass is 35.5. The smallest absolute Gasteiger partial charge is 0.404 e. The number of aromatic nitrogens is 1. The number of nitrogens with one attached hydrogen (secondary N) is 1. The number of benzene rings is 1. The Morgan fingerprint density at radius 2 is 2.16 bits per heavy atom. The Bertz CT molecular complexity index is 617. The highest BCUT2D eigenvalue weighted by Gasteiger charge is 2.60. The number of hydrogen-bond acceptors (Lipinski definition) is 3. The van der Waals surface area contributed by atoms with E-state index < -0.39 is 11.6 Å². The van der Waals surface area contributed by atoms with Gasteiger partial charge in [-0.25, -0.2) is 4.98 Å². The normalized spacial score (nSPS) is 24.2. The molecule has 0 aliphatic carbocycles. The highest BCUT2D eigenvalue weighted by molar-refractivity contribution is 6.31. The van der Waals surface area contributed by atoms with E-state index in [0.717, 1.165) is 0 Å². The zero-order valence-electron chi connectivity index (χ0n) is 9.72. The molecule has 102 valence electrons. The Labute approximate surface area is 111 Å². The maximum Gasteiger partial charge on any atom is 0.404 e. The molecule has 0 radical (unpaired) electrons. The van der Waals surface area contributed by atoms with E-state index in [4.69, 9.17) is 16.0 Å². The van der Waals surface area contributed by atoms with Gasteiger partial charge in [-0.1, -0.05) is 11.6 Å². The molecule has 1 unspecified atom stereocenters. The predicted octanol–water partition coefficient (Wildman–Crippen LogP) is 3.27. The second kappa shape index (κ2) is 4.11. The number of oxazole rings is 1. The summed E-state index contributed by atoms with van der Waals surface area (Å²) in [6.07, 6.45) is -4.47. The minimum atomic E-state index is -4.40. The molecular weight excluding hydrogens is 281 g/mol. The predicted molar refractivity (Wildman–Crippen MR) is 64.2 cm³/mol. The lowest BCUT2D eigenvalue weighted by atomic mass is 9.86. The van der Waals surface area contributed by atoms with Crippen LogP contribution in [0.4, 0.5) is 13.2 Å². The van der Waals surface area contributed by atoms with E-state index >= 15 is 0 Å². The zero-order chi connectivity index (χ0) is 13.7. The van der Waals surface area contributed by atoms with Crippen LogP contribution < -0.4 is 5.32 Å². The molecule has 1 saturated heterocycles. The van der Waals surface area contributed by atoms with Crippen LogP contribution >= 0.6 is 11.6 Å². The minimum absolute atomic E-state index is 0.0724. The van der Waals surface area contributed by atoms with Gasteiger partial charge < -0.3 is 9.73 Å². The average molecular weight is 291 g/mol. The quantitative estimate of drug-likeness (QED) is 0.876. The fraction of sp³-hybridized carbons (Fsp3) is 0.417. The third-order valence-electron chi connectivity index (χ3n) is 3.46. The molecule has 3 nitrogen and oxygen atoms in total. The average Bonchev–Trinajstić information content (AvgIpc) is 2.93. The Balaban J connectivity index is 2.16. The van der Waals surface area contributed by atoms with E-state index in [1.54, 1.807) is 6.07 Å². The van der Waals surface area contributed by atoms with Crippen LogP contribution in [-0.4, -0.2) is 24.2 Å². The van der Waals surface area contributed by atoms with E-state index in [2.05, 4.69) is 10.3 Å². The van der Waals surface area contributed by atoms with E-state index in [9.17, 15) is 13.2 Å². The number of nitrogens with zero attached hydrogens (tertiary/aromatic N) is 1. The van der Waals surface area contributed by atoms with Gasteiger partial charge in [0.1, 0.15) is 5.52 Å². The largest absolute Gasteiger partial charge is 0.440 e. The van der Waals surface area contributed by atoms with Crippen LogP contribution in [0.2, 0.25) is 5.02 Å². The molecule has 3 rings (SSSR count). The standard InChI is InChI=1S/C12H10ClF3N2O/c13-7-1-2-9-8(5-7)18-10(19-9)11(12(14,15)16)3-4-17-6-11/h1-2,5,17H,3-4,6H2. The molecule has 1 atom stereocenters. The number of rotatable bonds is 1. The zero-order valence-corrected chi connectivity index (χ0v) is 10.5. The molecule has 1 aromatic carbocycles. The van der Waals surface area contributed by atoms with Gasteiger partial charge in [0.15, 0.2) is 11.0 Å². The summed E-state index contributed by atoms with van der Waals surface area (Å²) in [6, 6.07) is 4.59. The van der Waals surface area contributed by atoms with E-state index in [0.29, 0.717) is 22.7 Å². The first-order valence-electron chi connectivity index (χ1n) is 5.76. The lowest BCUT2D eigenvalue weighted by Gasteiger charge is -2.27. The maximum absolute atomic E-state index is 13.3. The lowest BCUT2D eigenvalue weighted by molar-refractivity contribution is -0.190. The van der Waals surface area contributed by atoms with Crippen molar-refractivity contribution in [2.24, 2.45) is 0 Å². The second-order valence-electron chi connectivity index (χ2n) is 4.64. The van der Waals surface area contributed by atoms with E-state index in [1.807, 2.05) is 0 Å². The number of halogens is 4. The topological polar surface area (TPSA) is 38.1 Å². The van der Waals surface area contributed by atoms with Crippen molar-refractivity contribution in [2.45, 2.75) is 18.0 Å². The molecule has 2 heterocycles. The Morgan fingerprint density at radius 1 is 1.37 bits per heavy atom. The molecule has 19 heavy (non-hydrogen) atoms. The highest BCUT2D eigenvalue weighted by Crippen LogP contribution is 2.45. The number of alkyl halides is 3. The first kappa shape index (κ1) is 12.7. The Hall–Kier alpha value is -1.27. The number of fused-ring (bicyclic) bond motifs is 1. The molecule has 7 heteroatoms. The van der Waals surface area contributed by atoms with Crippen molar-refractivity contribution in [3.8, 4) is 0 Å². The van der Waals surface area contributed by atoms with Crippen LogP contribution in [0.3, 0.4) is 0 Å². The summed E-state index contributed by atoms with van der Waals surface area (Å²) in [4.78, 5) is 3.98. The van der Waals surface area contributed by atoms with Crippen LogP contribution in [0.15, 0.2) is 22.6 Å². The molecule has 0 spiro atoms. The summed E-state index contributed by atoms with van der Waals surface area (Å²) >= 11 is 5.80. The van der Waals surface area contributed by atoms with E-state index in [1.165, 1.54) is 12.1 Å². The van der Waals surface area contributed by atoms with Crippen molar-refractivity contribution in [1.29, 1.82) is 0 Å². The third-order valence-corrected chi connectivity index (χ3v) is 3.69. The molecule has 2 aromatic rings. The summed E-state index contributed by atoms with van der Waals surface area (Å²) in [7, 11) is 0. The van der Waals surface area contributed by atoms with Crippen LogP contribution in [0.25, 0.3) is 11.1 Å². The molecule has 0 bridgehead atoms. The fourth-order valence-corrected chi connectivity index (χ4v) is 2.51. The summed E-state index contributed by atoms with van der Waals surface area (Å²) < 4.78 is 45.3. The summed E-state index contributed by atoms with van der Waals surface area (Å²) in [6.45, 7) is 0.0794. The van der Waals surface area contributed by atoms with Crippen LogP contribution in [0.5, 0.6) is 0 Å². The van der Waals surface area contributed by atoms with Gasteiger partial charge in [-0.2, -0.15) is 13.2 Å². The molecule has 0 amide bonds. The van der Waals surface area contributed by atoms with Gasteiger partial charge in [0.05, 0.1) is 0 Å². The van der Waals surface area contributed by atoms with Crippen LogP contribution in [0.1, 0.15) is 12.3 Å². The molecule has 1 N–H and O–H groups in total. The minimum Gasteiger partial charge on any atom is -0.440 e. The first-order chi connectivity index (χ1) is 8.92.